The van der Waals surface area contributed by atoms with Crippen LogP contribution in [0.5, 0.6) is 0 Å². The first kappa shape index (κ1) is 14.6. The summed E-state index contributed by atoms with van der Waals surface area (Å²) in [6.45, 7) is 0. The number of nitrogens with zero attached hydrogens (tertiary/aromatic N) is 2. The van der Waals surface area contributed by atoms with Crippen LogP contribution in [0.3, 0.4) is 0 Å². The third-order valence-corrected chi connectivity index (χ3v) is 3.80. The van der Waals surface area contributed by atoms with E-state index in [9.17, 15) is 13.2 Å². The highest BCUT2D eigenvalue weighted by Crippen LogP contribution is 2.34. The Kier molecular flexibility index (Phi) is 4.66. The van der Waals surface area contributed by atoms with Gasteiger partial charge in [-0.25, -0.2) is 9.97 Å². The van der Waals surface area contributed by atoms with Crippen LogP contribution in [0.2, 0.25) is 0 Å². The van der Waals surface area contributed by atoms with E-state index in [2.05, 4.69) is 9.97 Å². The van der Waals surface area contributed by atoms with Crippen molar-refractivity contribution in [2.45, 2.75) is 56.5 Å². The van der Waals surface area contributed by atoms with Crippen LogP contribution in [0.25, 0.3) is 0 Å². The fourth-order valence-electron chi connectivity index (χ4n) is 2.50. The van der Waals surface area contributed by atoms with Crippen molar-refractivity contribution in [3.8, 4) is 0 Å². The zero-order chi connectivity index (χ0) is 13.9. The average molecular weight is 293 g/mol. The van der Waals surface area contributed by atoms with Crippen molar-refractivity contribution in [3.05, 3.63) is 23.3 Å². The molecule has 0 atom stereocenters. The van der Waals surface area contributed by atoms with Gasteiger partial charge in [-0.15, -0.1) is 11.6 Å². The van der Waals surface area contributed by atoms with E-state index in [1.54, 1.807) is 0 Å². The maximum atomic E-state index is 12.9. The maximum Gasteiger partial charge on any atom is 0.433 e. The van der Waals surface area contributed by atoms with Crippen LogP contribution in [0, 0.1) is 0 Å². The molecular weight excluding hydrogens is 277 g/mol. The molecule has 106 valence electrons. The fraction of sp³-hybridized carbons (Fsp3) is 0.692. The van der Waals surface area contributed by atoms with Gasteiger partial charge < -0.3 is 0 Å². The smallest absolute Gasteiger partial charge is 0.241 e. The lowest BCUT2D eigenvalue weighted by molar-refractivity contribution is -0.142. The molecule has 0 saturated heterocycles. The van der Waals surface area contributed by atoms with Crippen LogP contribution in [0.15, 0.2) is 6.20 Å². The van der Waals surface area contributed by atoms with Crippen molar-refractivity contribution >= 4 is 11.6 Å². The largest absolute Gasteiger partial charge is 0.433 e. The molecule has 1 aliphatic carbocycles. The second-order valence-electron chi connectivity index (χ2n) is 4.92. The molecule has 0 spiro atoms. The van der Waals surface area contributed by atoms with Gasteiger partial charge in [-0.05, 0) is 12.8 Å². The SMILES string of the molecule is FC(F)(F)c1nc(C2CCCCCC2)ncc1CCl. The summed E-state index contributed by atoms with van der Waals surface area (Å²) in [6, 6.07) is 0. The third-order valence-electron chi connectivity index (χ3n) is 3.52. The lowest BCUT2D eigenvalue weighted by Crippen LogP contribution is -2.16. The molecule has 0 unspecified atom stereocenters. The molecule has 1 aromatic rings. The number of alkyl halides is 4. The van der Waals surface area contributed by atoms with Crippen LogP contribution >= 0.6 is 11.6 Å². The zero-order valence-corrected chi connectivity index (χ0v) is 11.3. The van der Waals surface area contributed by atoms with Gasteiger partial charge in [-0.1, -0.05) is 25.7 Å². The number of halogens is 4. The van der Waals surface area contributed by atoms with Crippen molar-refractivity contribution in [2.24, 2.45) is 0 Å². The summed E-state index contributed by atoms with van der Waals surface area (Å²) in [7, 11) is 0. The Morgan fingerprint density at radius 3 is 2.32 bits per heavy atom. The van der Waals surface area contributed by atoms with Gasteiger partial charge in [0.2, 0.25) is 0 Å². The Morgan fingerprint density at radius 1 is 1.16 bits per heavy atom. The zero-order valence-electron chi connectivity index (χ0n) is 10.5. The molecule has 2 rings (SSSR count). The standard InChI is InChI=1S/C13H16ClF3N2/c14-7-10-8-18-12(19-11(10)13(15,16)17)9-5-3-1-2-4-6-9/h8-9H,1-7H2. The maximum absolute atomic E-state index is 12.9. The van der Waals surface area contributed by atoms with Crippen LogP contribution in [-0.2, 0) is 12.1 Å². The van der Waals surface area contributed by atoms with Crippen LogP contribution in [-0.4, -0.2) is 9.97 Å². The van der Waals surface area contributed by atoms with Crippen molar-refractivity contribution in [1.82, 2.24) is 9.97 Å². The summed E-state index contributed by atoms with van der Waals surface area (Å²) in [5, 5.41) is 0. The fourth-order valence-corrected chi connectivity index (χ4v) is 2.69. The summed E-state index contributed by atoms with van der Waals surface area (Å²) >= 11 is 5.52. The van der Waals surface area contributed by atoms with E-state index in [-0.39, 0.29) is 17.4 Å². The van der Waals surface area contributed by atoms with E-state index in [1.807, 2.05) is 0 Å². The highest BCUT2D eigenvalue weighted by molar-refractivity contribution is 6.17. The molecule has 0 N–H and O–H groups in total. The monoisotopic (exact) mass is 292 g/mol. The average Bonchev–Trinajstić information content (AvgIpc) is 2.66. The predicted octanol–water partition coefficient (Wildman–Crippen LogP) is 4.67. The molecule has 1 aliphatic rings. The summed E-state index contributed by atoms with van der Waals surface area (Å²) in [6.07, 6.45) is 2.86. The molecular formula is C13H16ClF3N2. The lowest BCUT2D eigenvalue weighted by Gasteiger charge is -2.16. The van der Waals surface area contributed by atoms with Gasteiger partial charge in [0, 0.05) is 17.7 Å². The Balaban J connectivity index is 2.31. The van der Waals surface area contributed by atoms with E-state index in [1.165, 1.54) is 6.20 Å². The number of hydrogen-bond donors (Lipinski definition) is 0. The molecule has 0 bridgehead atoms. The highest BCUT2D eigenvalue weighted by atomic mass is 35.5. The number of aromatic nitrogens is 2. The molecule has 0 aliphatic heterocycles. The Morgan fingerprint density at radius 2 is 1.79 bits per heavy atom. The first-order valence-electron chi connectivity index (χ1n) is 6.51. The van der Waals surface area contributed by atoms with Gasteiger partial charge in [0.15, 0.2) is 5.69 Å². The van der Waals surface area contributed by atoms with Gasteiger partial charge >= 0.3 is 6.18 Å². The van der Waals surface area contributed by atoms with E-state index < -0.39 is 11.9 Å². The van der Waals surface area contributed by atoms with E-state index in [0.717, 1.165) is 38.5 Å². The van der Waals surface area contributed by atoms with Crippen LogP contribution in [0.1, 0.15) is 61.5 Å². The molecule has 0 amide bonds. The Bertz CT molecular complexity index is 426. The second kappa shape index (κ2) is 6.07. The summed E-state index contributed by atoms with van der Waals surface area (Å²) < 4.78 is 38.7. The molecule has 19 heavy (non-hydrogen) atoms. The minimum atomic E-state index is -4.47. The molecule has 6 heteroatoms. The molecule has 1 heterocycles. The molecule has 0 radical (unpaired) electrons. The topological polar surface area (TPSA) is 25.8 Å². The third kappa shape index (κ3) is 3.59. The summed E-state index contributed by atoms with van der Waals surface area (Å²) in [4.78, 5) is 7.85. The molecule has 1 saturated carbocycles. The molecule has 0 aromatic carbocycles. The van der Waals surface area contributed by atoms with E-state index in [4.69, 9.17) is 11.6 Å². The van der Waals surface area contributed by atoms with E-state index >= 15 is 0 Å². The first-order chi connectivity index (χ1) is 9.02. The van der Waals surface area contributed by atoms with Crippen LogP contribution < -0.4 is 0 Å². The lowest BCUT2D eigenvalue weighted by atomic mass is 9.99. The first-order valence-corrected chi connectivity index (χ1v) is 7.05. The molecule has 1 fully saturated rings. The van der Waals surface area contributed by atoms with Gasteiger partial charge in [-0.3, -0.25) is 0 Å². The van der Waals surface area contributed by atoms with Crippen molar-refractivity contribution in [1.29, 1.82) is 0 Å². The van der Waals surface area contributed by atoms with Crippen molar-refractivity contribution in [2.75, 3.05) is 0 Å². The number of hydrogen-bond acceptors (Lipinski definition) is 2. The molecule has 1 aromatic heterocycles. The van der Waals surface area contributed by atoms with E-state index in [0.29, 0.717) is 5.82 Å². The van der Waals surface area contributed by atoms with Crippen molar-refractivity contribution < 1.29 is 13.2 Å². The Labute approximate surface area is 115 Å². The summed E-state index contributed by atoms with van der Waals surface area (Å²) in [5.41, 5.74) is -0.928. The van der Waals surface area contributed by atoms with Crippen molar-refractivity contribution in [3.63, 3.8) is 0 Å². The van der Waals surface area contributed by atoms with Gasteiger partial charge in [0.05, 0.1) is 5.88 Å². The predicted molar refractivity (Wildman–Crippen MR) is 67.0 cm³/mol. The van der Waals surface area contributed by atoms with Crippen LogP contribution in [0.4, 0.5) is 13.2 Å². The Hall–Kier alpha value is -0.840. The molecule has 2 nitrogen and oxygen atoms in total. The normalized spacial score (nSPS) is 18.3. The summed E-state index contributed by atoms with van der Waals surface area (Å²) in [5.74, 6) is 0.149. The highest BCUT2D eigenvalue weighted by Gasteiger charge is 2.36. The van der Waals surface area contributed by atoms with Gasteiger partial charge in [0.1, 0.15) is 5.82 Å². The quantitative estimate of drug-likeness (QED) is 0.584. The minimum absolute atomic E-state index is 0.0491. The van der Waals surface area contributed by atoms with Gasteiger partial charge in [0.25, 0.3) is 0 Å². The number of rotatable bonds is 2. The second-order valence-corrected chi connectivity index (χ2v) is 5.19. The minimum Gasteiger partial charge on any atom is -0.241 e. The van der Waals surface area contributed by atoms with Gasteiger partial charge in [-0.2, -0.15) is 13.2 Å².